The molecule has 19 heavy (non-hydrogen) atoms. The first kappa shape index (κ1) is 18.2. The Kier molecular flexibility index (Phi) is 13.0. The molecule has 1 unspecified atom stereocenters. The molecule has 2 N–H and O–H groups in total. The molecule has 0 saturated carbocycles. The summed E-state index contributed by atoms with van der Waals surface area (Å²) in [5, 5.41) is 18.2. The first-order valence-corrected chi connectivity index (χ1v) is 7.71. The number of aliphatic hydroxyl groups excluding tert-OH is 1. The molecule has 1 atom stereocenters. The number of rotatable bonds is 13. The van der Waals surface area contributed by atoms with Gasteiger partial charge in [0.2, 0.25) is 0 Å². The van der Waals surface area contributed by atoms with Crippen LogP contribution < -0.4 is 0 Å². The van der Waals surface area contributed by atoms with Gasteiger partial charge in [0.05, 0.1) is 6.10 Å². The Morgan fingerprint density at radius 1 is 1.05 bits per heavy atom. The van der Waals surface area contributed by atoms with Crippen LogP contribution in [0.25, 0.3) is 0 Å². The Hall–Kier alpha value is -0.830. The van der Waals surface area contributed by atoms with Gasteiger partial charge in [0.15, 0.2) is 0 Å². The summed E-state index contributed by atoms with van der Waals surface area (Å²) in [6.45, 7) is 2.19. The molecule has 3 nitrogen and oxygen atoms in total. The zero-order valence-electron chi connectivity index (χ0n) is 12.3. The highest BCUT2D eigenvalue weighted by atomic mass is 16.4. The topological polar surface area (TPSA) is 57.5 Å². The standard InChI is InChI=1S/C16H30O3/c1-2-3-4-9-12-15(17)13-10-7-5-6-8-11-14-16(18)19/h7,10,15,17H,2-6,8-9,11-14H2,1H3,(H,18,19). The maximum Gasteiger partial charge on any atom is 0.303 e. The van der Waals surface area contributed by atoms with Crippen LogP contribution in [0.5, 0.6) is 0 Å². The lowest BCUT2D eigenvalue weighted by atomic mass is 10.1. The molecule has 0 aliphatic heterocycles. The summed E-state index contributed by atoms with van der Waals surface area (Å²) in [7, 11) is 0. The predicted octanol–water partition coefficient (Wildman–Crippen LogP) is 4.30. The number of carboxylic acid groups (broad SMARTS) is 1. The summed E-state index contributed by atoms with van der Waals surface area (Å²) in [5.74, 6) is -0.707. The van der Waals surface area contributed by atoms with Crippen molar-refractivity contribution in [3.63, 3.8) is 0 Å². The van der Waals surface area contributed by atoms with E-state index in [1.165, 1.54) is 19.3 Å². The highest BCUT2D eigenvalue weighted by molar-refractivity contribution is 5.66. The fourth-order valence-corrected chi connectivity index (χ4v) is 2.01. The average Bonchev–Trinajstić information content (AvgIpc) is 2.37. The molecule has 0 aromatic rings. The van der Waals surface area contributed by atoms with E-state index >= 15 is 0 Å². The van der Waals surface area contributed by atoms with E-state index in [1.54, 1.807) is 0 Å². The van der Waals surface area contributed by atoms with Crippen LogP contribution in [0.1, 0.15) is 77.6 Å². The first-order chi connectivity index (χ1) is 9.16. The number of hydrogen-bond acceptors (Lipinski definition) is 2. The minimum Gasteiger partial charge on any atom is -0.481 e. The molecule has 0 heterocycles. The minimum atomic E-state index is -0.707. The number of carboxylic acids is 1. The molecule has 3 heteroatoms. The monoisotopic (exact) mass is 270 g/mol. The molecule has 0 saturated heterocycles. The molecule has 0 aliphatic rings. The molecule has 0 radical (unpaired) electrons. The largest absolute Gasteiger partial charge is 0.481 e. The third kappa shape index (κ3) is 15.1. The Balaban J connectivity index is 3.29. The van der Waals surface area contributed by atoms with Gasteiger partial charge in [0.25, 0.3) is 0 Å². The Bertz CT molecular complexity index is 236. The molecule has 112 valence electrons. The van der Waals surface area contributed by atoms with Gasteiger partial charge in [0, 0.05) is 6.42 Å². The summed E-state index contributed by atoms with van der Waals surface area (Å²) in [5.41, 5.74) is 0. The van der Waals surface area contributed by atoms with E-state index in [-0.39, 0.29) is 12.5 Å². The number of aliphatic hydroxyl groups is 1. The number of hydrogen-bond donors (Lipinski definition) is 2. The molecular formula is C16H30O3. The first-order valence-electron chi connectivity index (χ1n) is 7.71. The van der Waals surface area contributed by atoms with Gasteiger partial charge in [-0.2, -0.15) is 0 Å². The van der Waals surface area contributed by atoms with Gasteiger partial charge in [-0.15, -0.1) is 0 Å². The van der Waals surface area contributed by atoms with E-state index in [4.69, 9.17) is 5.11 Å². The molecule has 0 aromatic carbocycles. The molecule has 0 bridgehead atoms. The Morgan fingerprint density at radius 3 is 2.47 bits per heavy atom. The van der Waals surface area contributed by atoms with Crippen LogP contribution in [0, 0.1) is 0 Å². The van der Waals surface area contributed by atoms with Gasteiger partial charge in [-0.05, 0) is 32.1 Å². The van der Waals surface area contributed by atoms with Crippen LogP contribution in [0.3, 0.4) is 0 Å². The van der Waals surface area contributed by atoms with Crippen LogP contribution in [-0.4, -0.2) is 22.3 Å². The molecular weight excluding hydrogens is 240 g/mol. The number of unbranched alkanes of at least 4 members (excludes halogenated alkanes) is 6. The number of aliphatic carboxylic acids is 1. The predicted molar refractivity (Wildman–Crippen MR) is 79.2 cm³/mol. The van der Waals surface area contributed by atoms with Gasteiger partial charge in [-0.1, -0.05) is 51.2 Å². The average molecular weight is 270 g/mol. The smallest absolute Gasteiger partial charge is 0.303 e. The van der Waals surface area contributed by atoms with Crippen molar-refractivity contribution in [3.05, 3.63) is 12.2 Å². The van der Waals surface area contributed by atoms with Gasteiger partial charge in [-0.25, -0.2) is 0 Å². The van der Waals surface area contributed by atoms with E-state index in [0.717, 1.165) is 44.9 Å². The zero-order chi connectivity index (χ0) is 14.3. The number of allylic oxidation sites excluding steroid dienone is 1. The lowest BCUT2D eigenvalue weighted by Gasteiger charge is -2.06. The maximum absolute atomic E-state index is 10.3. The lowest BCUT2D eigenvalue weighted by Crippen LogP contribution is -2.04. The Labute approximate surface area is 117 Å². The second-order valence-electron chi connectivity index (χ2n) is 5.20. The quantitative estimate of drug-likeness (QED) is 0.387. The summed E-state index contributed by atoms with van der Waals surface area (Å²) in [6, 6.07) is 0. The van der Waals surface area contributed by atoms with E-state index in [0.29, 0.717) is 0 Å². The Morgan fingerprint density at radius 2 is 1.79 bits per heavy atom. The van der Waals surface area contributed by atoms with Crippen molar-refractivity contribution in [2.75, 3.05) is 0 Å². The van der Waals surface area contributed by atoms with Crippen molar-refractivity contribution in [3.8, 4) is 0 Å². The van der Waals surface area contributed by atoms with Crippen LogP contribution in [0.15, 0.2) is 12.2 Å². The zero-order valence-corrected chi connectivity index (χ0v) is 12.3. The second kappa shape index (κ2) is 13.6. The van der Waals surface area contributed by atoms with Crippen molar-refractivity contribution in [2.24, 2.45) is 0 Å². The molecule has 0 aromatic heterocycles. The number of carbonyl (C=O) groups is 1. The van der Waals surface area contributed by atoms with Crippen molar-refractivity contribution >= 4 is 5.97 Å². The van der Waals surface area contributed by atoms with E-state index < -0.39 is 5.97 Å². The maximum atomic E-state index is 10.3. The molecule has 0 rings (SSSR count). The third-order valence-corrected chi connectivity index (χ3v) is 3.23. The summed E-state index contributed by atoms with van der Waals surface area (Å²) in [6.07, 6.45) is 14.5. The fourth-order valence-electron chi connectivity index (χ4n) is 2.01. The highest BCUT2D eigenvalue weighted by Crippen LogP contribution is 2.09. The van der Waals surface area contributed by atoms with E-state index in [1.807, 2.05) is 0 Å². The summed E-state index contributed by atoms with van der Waals surface area (Å²) in [4.78, 5) is 10.3. The SMILES string of the molecule is CCCCCCC(O)CC=CCCCCCC(=O)O. The van der Waals surface area contributed by atoms with Crippen molar-refractivity contribution < 1.29 is 15.0 Å². The normalized spacial score (nSPS) is 12.9. The second-order valence-corrected chi connectivity index (χ2v) is 5.20. The summed E-state index contributed by atoms with van der Waals surface area (Å²) >= 11 is 0. The van der Waals surface area contributed by atoms with Crippen molar-refractivity contribution in [1.82, 2.24) is 0 Å². The minimum absolute atomic E-state index is 0.194. The van der Waals surface area contributed by atoms with Crippen LogP contribution in [0.2, 0.25) is 0 Å². The highest BCUT2D eigenvalue weighted by Gasteiger charge is 2.00. The van der Waals surface area contributed by atoms with Crippen molar-refractivity contribution in [1.29, 1.82) is 0 Å². The molecule has 0 fully saturated rings. The lowest BCUT2D eigenvalue weighted by molar-refractivity contribution is -0.137. The van der Waals surface area contributed by atoms with Gasteiger partial charge in [0.1, 0.15) is 0 Å². The van der Waals surface area contributed by atoms with Gasteiger partial charge in [-0.3, -0.25) is 4.79 Å². The van der Waals surface area contributed by atoms with Gasteiger partial charge < -0.3 is 10.2 Å². The van der Waals surface area contributed by atoms with E-state index in [9.17, 15) is 9.90 Å². The van der Waals surface area contributed by atoms with Crippen LogP contribution in [-0.2, 0) is 4.79 Å². The van der Waals surface area contributed by atoms with Crippen LogP contribution in [0.4, 0.5) is 0 Å². The third-order valence-electron chi connectivity index (χ3n) is 3.23. The molecule has 0 amide bonds. The van der Waals surface area contributed by atoms with E-state index in [2.05, 4.69) is 19.1 Å². The molecule has 0 spiro atoms. The summed E-state index contributed by atoms with van der Waals surface area (Å²) < 4.78 is 0. The van der Waals surface area contributed by atoms with Crippen molar-refractivity contribution in [2.45, 2.75) is 83.7 Å². The van der Waals surface area contributed by atoms with Gasteiger partial charge >= 0.3 is 5.97 Å². The van der Waals surface area contributed by atoms with Crippen LogP contribution >= 0.6 is 0 Å². The molecule has 0 aliphatic carbocycles. The fraction of sp³-hybridized carbons (Fsp3) is 0.812.